The van der Waals surface area contributed by atoms with Crippen LogP contribution in [0.25, 0.3) is 11.2 Å². The number of aliphatic hydroxyl groups is 1. The molecule has 2 amide bonds. The van der Waals surface area contributed by atoms with E-state index in [1.165, 1.54) is 6.33 Å². The highest BCUT2D eigenvalue weighted by Crippen LogP contribution is 2.41. The van der Waals surface area contributed by atoms with Gasteiger partial charge < -0.3 is 24.8 Å². The highest BCUT2D eigenvalue weighted by Gasteiger charge is 2.42. The molecular weight excluding hydrogens is 398 g/mol. The van der Waals surface area contributed by atoms with Crippen LogP contribution in [-0.2, 0) is 16.1 Å². The van der Waals surface area contributed by atoms with Crippen molar-refractivity contribution in [3.8, 4) is 0 Å². The van der Waals surface area contributed by atoms with Crippen molar-refractivity contribution in [1.82, 2.24) is 29.7 Å². The number of nitrogens with zero attached hydrogens (tertiary/aromatic N) is 6. The van der Waals surface area contributed by atoms with Crippen LogP contribution in [0.4, 0.5) is 5.82 Å². The van der Waals surface area contributed by atoms with Crippen molar-refractivity contribution in [3.63, 3.8) is 0 Å². The molecule has 1 saturated carbocycles. The van der Waals surface area contributed by atoms with E-state index in [2.05, 4.69) is 20.3 Å². The smallest absolute Gasteiger partial charge is 0.225 e. The Bertz CT molecular complexity index is 954. The second-order valence-corrected chi connectivity index (χ2v) is 8.68. The quantitative estimate of drug-likeness (QED) is 0.713. The predicted octanol–water partition coefficient (Wildman–Crippen LogP) is 0.552. The molecule has 168 valence electrons. The molecule has 0 spiro atoms. The molecule has 1 unspecified atom stereocenters. The molecule has 0 bridgehead atoms. The Labute approximate surface area is 181 Å². The van der Waals surface area contributed by atoms with Crippen LogP contribution in [0.15, 0.2) is 12.7 Å². The van der Waals surface area contributed by atoms with Crippen molar-refractivity contribution in [2.75, 3.05) is 37.6 Å². The van der Waals surface area contributed by atoms with Crippen molar-refractivity contribution < 1.29 is 14.7 Å². The van der Waals surface area contributed by atoms with Crippen LogP contribution in [0.3, 0.4) is 0 Å². The molecule has 2 aromatic rings. The summed E-state index contributed by atoms with van der Waals surface area (Å²) in [7, 11) is 0. The lowest BCUT2D eigenvalue weighted by Gasteiger charge is -2.32. The average molecular weight is 430 g/mol. The number of amides is 2. The molecule has 1 aliphatic heterocycles. The highest BCUT2D eigenvalue weighted by molar-refractivity contribution is 5.84. The Morgan fingerprint density at radius 2 is 2.03 bits per heavy atom. The Kier molecular flexibility index (Phi) is 6.08. The SMILES string of the molecule is CCn1cnc2c(N3CCNC(=O)CCN(C(=O)CC(C)(O)C4CC4)CC3)ncnc21. The van der Waals surface area contributed by atoms with Crippen molar-refractivity contribution in [1.29, 1.82) is 0 Å². The number of hydrogen-bond acceptors (Lipinski definition) is 7. The third-order valence-electron chi connectivity index (χ3n) is 6.29. The Morgan fingerprint density at radius 3 is 2.77 bits per heavy atom. The summed E-state index contributed by atoms with van der Waals surface area (Å²) in [6, 6.07) is 0. The number of fused-ring (bicyclic) bond motifs is 1. The van der Waals surface area contributed by atoms with Crippen LogP contribution >= 0.6 is 0 Å². The van der Waals surface area contributed by atoms with Gasteiger partial charge in [-0.1, -0.05) is 0 Å². The zero-order chi connectivity index (χ0) is 22.0. The van der Waals surface area contributed by atoms with Crippen LogP contribution in [-0.4, -0.2) is 79.7 Å². The molecular formula is C21H31N7O3. The minimum Gasteiger partial charge on any atom is -0.389 e. The van der Waals surface area contributed by atoms with Gasteiger partial charge in [-0.25, -0.2) is 15.0 Å². The normalized spacial score (nSPS) is 20.4. The largest absolute Gasteiger partial charge is 0.389 e. The lowest BCUT2D eigenvalue weighted by atomic mass is 9.95. The van der Waals surface area contributed by atoms with E-state index < -0.39 is 5.60 Å². The first kappa shape index (κ1) is 21.5. The summed E-state index contributed by atoms with van der Waals surface area (Å²) in [6.45, 7) is 6.91. The molecule has 2 aromatic heterocycles. The number of anilines is 1. The van der Waals surface area contributed by atoms with E-state index in [4.69, 9.17) is 0 Å². The zero-order valence-electron chi connectivity index (χ0n) is 18.3. The molecule has 4 rings (SSSR count). The van der Waals surface area contributed by atoms with Crippen molar-refractivity contribution in [3.05, 3.63) is 12.7 Å². The minimum absolute atomic E-state index is 0.0813. The van der Waals surface area contributed by atoms with Gasteiger partial charge in [0.25, 0.3) is 0 Å². The Hall–Kier alpha value is -2.75. The highest BCUT2D eigenvalue weighted by atomic mass is 16.3. The maximum absolute atomic E-state index is 13.0. The molecule has 0 aromatic carbocycles. The third-order valence-corrected chi connectivity index (χ3v) is 6.29. The van der Waals surface area contributed by atoms with Gasteiger partial charge in [-0.3, -0.25) is 9.59 Å². The maximum atomic E-state index is 13.0. The molecule has 2 fully saturated rings. The topological polar surface area (TPSA) is 116 Å². The fourth-order valence-electron chi connectivity index (χ4n) is 4.18. The average Bonchev–Trinajstić information content (AvgIpc) is 3.52. The van der Waals surface area contributed by atoms with Gasteiger partial charge in [-0.05, 0) is 32.6 Å². The molecule has 1 saturated heterocycles. The summed E-state index contributed by atoms with van der Waals surface area (Å²) in [6.07, 6.45) is 5.55. The van der Waals surface area contributed by atoms with Gasteiger partial charge in [0.05, 0.1) is 18.3 Å². The molecule has 1 atom stereocenters. The molecule has 10 heteroatoms. The summed E-state index contributed by atoms with van der Waals surface area (Å²) in [5.74, 6) is 0.689. The number of nitrogens with one attached hydrogen (secondary N) is 1. The van der Waals surface area contributed by atoms with Crippen LogP contribution in [0.5, 0.6) is 0 Å². The number of carbonyl (C=O) groups is 2. The first-order valence-electron chi connectivity index (χ1n) is 11.1. The first-order valence-corrected chi connectivity index (χ1v) is 11.1. The molecule has 2 aliphatic rings. The van der Waals surface area contributed by atoms with Crippen LogP contribution in [0.2, 0.25) is 0 Å². The summed E-state index contributed by atoms with van der Waals surface area (Å²) in [5, 5.41) is 13.6. The van der Waals surface area contributed by atoms with E-state index in [0.29, 0.717) is 44.1 Å². The van der Waals surface area contributed by atoms with Gasteiger partial charge in [-0.15, -0.1) is 0 Å². The molecule has 31 heavy (non-hydrogen) atoms. The molecule has 3 heterocycles. The Morgan fingerprint density at radius 1 is 1.23 bits per heavy atom. The predicted molar refractivity (Wildman–Crippen MR) is 115 cm³/mol. The standard InChI is InChI=1S/C21H31N7O3/c1-3-26-14-25-18-19(26)23-13-24-20(18)28-9-7-22-16(29)6-8-27(10-11-28)17(30)12-21(2,31)15-4-5-15/h13-15,31H,3-12H2,1-2H3,(H,22,29). The molecule has 1 aliphatic carbocycles. The number of rotatable bonds is 5. The fraction of sp³-hybridized carbons (Fsp3) is 0.667. The number of aromatic nitrogens is 4. The zero-order valence-corrected chi connectivity index (χ0v) is 18.3. The fourth-order valence-corrected chi connectivity index (χ4v) is 4.18. The van der Waals surface area contributed by atoms with Crippen LogP contribution in [0, 0.1) is 5.92 Å². The van der Waals surface area contributed by atoms with Crippen LogP contribution in [0.1, 0.15) is 39.5 Å². The minimum atomic E-state index is -0.986. The maximum Gasteiger partial charge on any atom is 0.225 e. The van der Waals surface area contributed by atoms with E-state index in [1.54, 1.807) is 18.2 Å². The monoisotopic (exact) mass is 429 g/mol. The van der Waals surface area contributed by atoms with Gasteiger partial charge in [0.2, 0.25) is 11.8 Å². The second-order valence-electron chi connectivity index (χ2n) is 8.68. The van der Waals surface area contributed by atoms with E-state index in [1.807, 2.05) is 16.4 Å². The first-order chi connectivity index (χ1) is 14.9. The van der Waals surface area contributed by atoms with E-state index in [-0.39, 0.29) is 30.6 Å². The summed E-state index contributed by atoms with van der Waals surface area (Å²) in [4.78, 5) is 42.3. The van der Waals surface area contributed by atoms with Crippen molar-refractivity contribution >= 4 is 28.8 Å². The number of hydrogen-bond donors (Lipinski definition) is 2. The molecule has 2 N–H and O–H groups in total. The van der Waals surface area contributed by atoms with Gasteiger partial charge >= 0.3 is 0 Å². The summed E-state index contributed by atoms with van der Waals surface area (Å²) >= 11 is 0. The number of carbonyl (C=O) groups excluding carboxylic acids is 2. The number of imidazole rings is 1. The van der Waals surface area contributed by atoms with E-state index in [0.717, 1.165) is 25.0 Å². The lowest BCUT2D eigenvalue weighted by Crippen LogP contribution is -2.47. The summed E-state index contributed by atoms with van der Waals surface area (Å²) < 4.78 is 1.96. The van der Waals surface area contributed by atoms with Crippen molar-refractivity contribution in [2.24, 2.45) is 5.92 Å². The second kappa shape index (κ2) is 8.78. The van der Waals surface area contributed by atoms with Gasteiger partial charge in [0, 0.05) is 45.7 Å². The van der Waals surface area contributed by atoms with Gasteiger partial charge in [-0.2, -0.15) is 0 Å². The molecule has 10 nitrogen and oxygen atoms in total. The number of aryl methyl sites for hydroxylation is 1. The van der Waals surface area contributed by atoms with E-state index >= 15 is 0 Å². The Balaban J connectivity index is 1.54. The third kappa shape index (κ3) is 4.79. The van der Waals surface area contributed by atoms with Crippen LogP contribution < -0.4 is 10.2 Å². The van der Waals surface area contributed by atoms with Crippen molar-refractivity contribution in [2.45, 2.75) is 51.7 Å². The summed E-state index contributed by atoms with van der Waals surface area (Å²) in [5.41, 5.74) is 0.490. The lowest BCUT2D eigenvalue weighted by molar-refractivity contribution is -0.137. The van der Waals surface area contributed by atoms with Gasteiger partial charge in [0.1, 0.15) is 6.33 Å². The van der Waals surface area contributed by atoms with Gasteiger partial charge in [0.15, 0.2) is 17.0 Å². The van der Waals surface area contributed by atoms with E-state index in [9.17, 15) is 14.7 Å². The molecule has 0 radical (unpaired) electrons.